The molecule has 4 nitrogen and oxygen atoms in total. The Hall–Kier alpha value is -0.810. The fourth-order valence-corrected chi connectivity index (χ4v) is 2.72. The molecule has 0 fully saturated rings. The number of rotatable bonds is 5. The van der Waals surface area contributed by atoms with Gasteiger partial charge in [-0.25, -0.2) is 15.8 Å². The van der Waals surface area contributed by atoms with Crippen molar-refractivity contribution in [3.8, 4) is 0 Å². The van der Waals surface area contributed by atoms with Crippen molar-refractivity contribution in [1.82, 2.24) is 9.97 Å². The molecule has 0 aliphatic heterocycles. The number of nitrogens with zero attached hydrogens (tertiary/aromatic N) is 2. The van der Waals surface area contributed by atoms with E-state index in [1.165, 1.54) is 24.1 Å². The van der Waals surface area contributed by atoms with Crippen molar-refractivity contribution in [1.29, 1.82) is 0 Å². The highest BCUT2D eigenvalue weighted by Gasteiger charge is 2.18. The van der Waals surface area contributed by atoms with E-state index >= 15 is 0 Å². The summed E-state index contributed by atoms with van der Waals surface area (Å²) in [5.74, 6) is 9.28. The molecule has 1 heterocycles. The Labute approximate surface area is 100 Å². The lowest BCUT2D eigenvalue weighted by molar-refractivity contribution is 0.893. The molecule has 16 heavy (non-hydrogen) atoms. The fourth-order valence-electron chi connectivity index (χ4n) is 1.98. The van der Waals surface area contributed by atoms with Gasteiger partial charge >= 0.3 is 0 Å². The molecule has 0 unspecified atom stereocenters. The minimum absolute atomic E-state index is 0.828. The summed E-state index contributed by atoms with van der Waals surface area (Å²) in [6, 6.07) is 0. The Balaban J connectivity index is 2.14. The monoisotopic (exact) mass is 238 g/mol. The number of anilines is 1. The summed E-state index contributed by atoms with van der Waals surface area (Å²) in [6.45, 7) is 2.18. The molecule has 0 atom stereocenters. The number of hydrogen-bond donors (Lipinski definition) is 2. The van der Waals surface area contributed by atoms with Gasteiger partial charge < -0.3 is 5.43 Å². The fraction of sp³-hybridized carbons (Fsp3) is 0.636. The standard InChI is InChI=1S/C11H18N4S/c1-2-6-16-7-10-13-9-5-3-4-8(9)11(14-10)15-12/h2-7,12H2,1H3,(H,13,14,15). The second-order valence-electron chi connectivity index (χ2n) is 3.96. The van der Waals surface area contributed by atoms with Crippen molar-refractivity contribution in [2.24, 2.45) is 5.84 Å². The highest BCUT2D eigenvalue weighted by atomic mass is 32.2. The molecule has 3 N–H and O–H groups in total. The third-order valence-electron chi connectivity index (χ3n) is 2.70. The lowest BCUT2D eigenvalue weighted by Crippen LogP contribution is -2.13. The molecule has 5 heteroatoms. The summed E-state index contributed by atoms with van der Waals surface area (Å²) in [5, 5.41) is 0. The summed E-state index contributed by atoms with van der Waals surface area (Å²) in [6.07, 6.45) is 4.48. The van der Waals surface area contributed by atoms with E-state index in [2.05, 4.69) is 22.3 Å². The van der Waals surface area contributed by atoms with Crippen molar-refractivity contribution < 1.29 is 0 Å². The number of aromatic nitrogens is 2. The average Bonchev–Trinajstić information content (AvgIpc) is 2.76. The first-order valence-corrected chi connectivity index (χ1v) is 6.93. The number of hydrogen-bond acceptors (Lipinski definition) is 5. The third-order valence-corrected chi connectivity index (χ3v) is 3.86. The predicted octanol–water partition coefficient (Wildman–Crippen LogP) is 1.89. The van der Waals surface area contributed by atoms with Crippen LogP contribution in [0, 0.1) is 0 Å². The van der Waals surface area contributed by atoms with Gasteiger partial charge in [0.05, 0.1) is 5.75 Å². The van der Waals surface area contributed by atoms with Crippen LogP contribution in [0.5, 0.6) is 0 Å². The van der Waals surface area contributed by atoms with E-state index in [0.29, 0.717) is 0 Å². The van der Waals surface area contributed by atoms with Crippen LogP contribution in [-0.4, -0.2) is 15.7 Å². The minimum atomic E-state index is 0.828. The van der Waals surface area contributed by atoms with Gasteiger partial charge in [0.25, 0.3) is 0 Å². The van der Waals surface area contributed by atoms with Crippen molar-refractivity contribution in [2.45, 2.75) is 38.4 Å². The Bertz CT molecular complexity index is 367. The number of nitrogen functional groups attached to an aromatic ring is 1. The first-order chi connectivity index (χ1) is 7.85. The van der Waals surface area contributed by atoms with E-state index in [1.54, 1.807) is 0 Å². The van der Waals surface area contributed by atoms with Crippen LogP contribution < -0.4 is 11.3 Å². The van der Waals surface area contributed by atoms with Gasteiger partial charge in [0.15, 0.2) is 0 Å². The summed E-state index contributed by atoms with van der Waals surface area (Å²) < 4.78 is 0. The van der Waals surface area contributed by atoms with Crippen LogP contribution in [-0.2, 0) is 18.6 Å². The average molecular weight is 238 g/mol. The number of aryl methyl sites for hydroxylation is 1. The molecule has 0 radical (unpaired) electrons. The molecule has 0 spiro atoms. The summed E-state index contributed by atoms with van der Waals surface area (Å²) in [5.41, 5.74) is 5.10. The first-order valence-electron chi connectivity index (χ1n) is 5.78. The molecule has 0 amide bonds. The zero-order chi connectivity index (χ0) is 11.4. The van der Waals surface area contributed by atoms with Gasteiger partial charge in [-0.1, -0.05) is 6.92 Å². The predicted molar refractivity (Wildman–Crippen MR) is 68.3 cm³/mol. The molecule has 1 aliphatic carbocycles. The van der Waals surface area contributed by atoms with Crippen LogP contribution in [0.15, 0.2) is 0 Å². The molecule has 88 valence electrons. The zero-order valence-corrected chi connectivity index (χ0v) is 10.4. The minimum Gasteiger partial charge on any atom is -0.308 e. The molecular formula is C11H18N4S. The molecule has 0 saturated heterocycles. The normalized spacial score (nSPS) is 13.9. The van der Waals surface area contributed by atoms with Crippen LogP contribution in [0.4, 0.5) is 5.82 Å². The quantitative estimate of drug-likeness (QED) is 0.466. The van der Waals surface area contributed by atoms with Crippen LogP contribution >= 0.6 is 11.8 Å². The smallest absolute Gasteiger partial charge is 0.147 e. The first kappa shape index (κ1) is 11.7. The van der Waals surface area contributed by atoms with Crippen molar-refractivity contribution in [2.75, 3.05) is 11.2 Å². The largest absolute Gasteiger partial charge is 0.308 e. The zero-order valence-electron chi connectivity index (χ0n) is 9.62. The van der Waals surface area contributed by atoms with Crippen molar-refractivity contribution >= 4 is 17.6 Å². The highest BCUT2D eigenvalue weighted by molar-refractivity contribution is 7.98. The summed E-state index contributed by atoms with van der Waals surface area (Å²) in [4.78, 5) is 9.07. The van der Waals surface area contributed by atoms with Crippen LogP contribution in [0.25, 0.3) is 0 Å². The van der Waals surface area contributed by atoms with Gasteiger partial charge in [-0.2, -0.15) is 11.8 Å². The molecule has 0 saturated carbocycles. The second kappa shape index (κ2) is 5.50. The third kappa shape index (κ3) is 2.47. The molecule has 2 rings (SSSR count). The van der Waals surface area contributed by atoms with Crippen molar-refractivity contribution in [3.05, 3.63) is 17.1 Å². The number of hydrazine groups is 1. The van der Waals surface area contributed by atoms with E-state index in [1.807, 2.05) is 11.8 Å². The lowest BCUT2D eigenvalue weighted by Gasteiger charge is -2.08. The molecule has 0 bridgehead atoms. The number of fused-ring (bicyclic) bond motifs is 1. The van der Waals surface area contributed by atoms with Crippen LogP contribution in [0.3, 0.4) is 0 Å². The lowest BCUT2D eigenvalue weighted by atomic mass is 10.2. The Morgan fingerprint density at radius 3 is 3.00 bits per heavy atom. The summed E-state index contributed by atoms with van der Waals surface area (Å²) >= 11 is 1.88. The topological polar surface area (TPSA) is 63.8 Å². The van der Waals surface area contributed by atoms with Crippen LogP contribution in [0.1, 0.15) is 36.8 Å². The van der Waals surface area contributed by atoms with Gasteiger partial charge in [0.1, 0.15) is 11.6 Å². The van der Waals surface area contributed by atoms with E-state index < -0.39 is 0 Å². The maximum atomic E-state index is 5.50. The van der Waals surface area contributed by atoms with Crippen LogP contribution in [0.2, 0.25) is 0 Å². The number of nitrogens with one attached hydrogen (secondary N) is 1. The van der Waals surface area contributed by atoms with Crippen molar-refractivity contribution in [3.63, 3.8) is 0 Å². The summed E-state index contributed by atoms with van der Waals surface area (Å²) in [7, 11) is 0. The molecular weight excluding hydrogens is 220 g/mol. The van der Waals surface area contributed by atoms with E-state index in [4.69, 9.17) is 5.84 Å². The van der Waals surface area contributed by atoms with Gasteiger partial charge in [-0.15, -0.1) is 0 Å². The Kier molecular flexibility index (Phi) is 4.01. The van der Waals surface area contributed by atoms with Gasteiger partial charge in [0.2, 0.25) is 0 Å². The molecule has 1 aromatic rings. The SMILES string of the molecule is CCCSCc1nc2c(c(NN)n1)CCC2. The van der Waals surface area contributed by atoms with E-state index in [0.717, 1.165) is 36.0 Å². The van der Waals surface area contributed by atoms with Gasteiger partial charge in [-0.05, 0) is 31.4 Å². The number of nitrogens with two attached hydrogens (primary N) is 1. The molecule has 1 aliphatic rings. The van der Waals surface area contributed by atoms with Gasteiger partial charge in [0, 0.05) is 11.3 Å². The maximum absolute atomic E-state index is 5.50. The second-order valence-corrected chi connectivity index (χ2v) is 5.07. The maximum Gasteiger partial charge on any atom is 0.147 e. The Morgan fingerprint density at radius 1 is 1.38 bits per heavy atom. The number of thioether (sulfide) groups is 1. The Morgan fingerprint density at radius 2 is 2.25 bits per heavy atom. The molecule has 1 aromatic heterocycles. The van der Waals surface area contributed by atoms with E-state index in [9.17, 15) is 0 Å². The van der Waals surface area contributed by atoms with E-state index in [-0.39, 0.29) is 0 Å². The van der Waals surface area contributed by atoms with Gasteiger partial charge in [-0.3, -0.25) is 0 Å². The highest BCUT2D eigenvalue weighted by Crippen LogP contribution is 2.26. The molecule has 0 aromatic carbocycles.